The van der Waals surface area contributed by atoms with Gasteiger partial charge in [-0.15, -0.1) is 11.3 Å². The molecule has 1 saturated carbocycles. The molecular weight excluding hydrogens is 502 g/mol. The molecule has 4 rings (SSSR count). The maximum Gasteiger partial charge on any atom is 0.329 e. The van der Waals surface area contributed by atoms with Gasteiger partial charge in [0.15, 0.2) is 0 Å². The number of carbonyl (C=O) groups excluding carboxylic acids is 2. The van der Waals surface area contributed by atoms with Crippen molar-refractivity contribution in [3.8, 4) is 16.2 Å². The van der Waals surface area contributed by atoms with E-state index in [0.717, 1.165) is 46.4 Å². The van der Waals surface area contributed by atoms with Gasteiger partial charge < -0.3 is 25.8 Å². The second kappa shape index (κ2) is 11.3. The van der Waals surface area contributed by atoms with Crippen LogP contribution in [-0.2, 0) is 4.79 Å². The van der Waals surface area contributed by atoms with Gasteiger partial charge in [-0.25, -0.2) is 9.59 Å². The van der Waals surface area contributed by atoms with E-state index in [9.17, 15) is 19.5 Å². The number of aliphatic carboxylic acids is 1. The van der Waals surface area contributed by atoms with Gasteiger partial charge in [-0.3, -0.25) is 4.79 Å². The molecule has 3 aromatic rings. The molecule has 3 amide bonds. The van der Waals surface area contributed by atoms with Crippen LogP contribution in [0.3, 0.4) is 0 Å². The molecule has 1 aromatic heterocycles. The van der Waals surface area contributed by atoms with Crippen molar-refractivity contribution in [1.29, 1.82) is 0 Å². The second-order valence-electron chi connectivity index (χ2n) is 9.84. The molecule has 0 atom stereocenters. The Labute approximate surface area is 226 Å². The van der Waals surface area contributed by atoms with Crippen LogP contribution in [0.15, 0.2) is 42.5 Å². The second-order valence-corrected chi connectivity index (χ2v) is 10.9. The zero-order valence-corrected chi connectivity index (χ0v) is 22.9. The number of thiophene rings is 1. The van der Waals surface area contributed by atoms with Crippen molar-refractivity contribution in [3.05, 3.63) is 64.0 Å². The monoisotopic (exact) mass is 535 g/mol. The Hall–Kier alpha value is -3.85. The van der Waals surface area contributed by atoms with Crippen molar-refractivity contribution in [1.82, 2.24) is 5.32 Å². The molecule has 1 aliphatic carbocycles. The smallest absolute Gasteiger partial charge is 0.329 e. The van der Waals surface area contributed by atoms with Gasteiger partial charge in [-0.05, 0) is 80.6 Å². The number of ether oxygens (including phenoxy) is 1. The number of methoxy groups -OCH3 is 1. The number of anilines is 2. The minimum absolute atomic E-state index is 0.245. The molecule has 0 radical (unpaired) electrons. The van der Waals surface area contributed by atoms with E-state index in [4.69, 9.17) is 4.74 Å². The summed E-state index contributed by atoms with van der Waals surface area (Å²) in [7, 11) is 1.59. The largest absolute Gasteiger partial charge is 0.497 e. The van der Waals surface area contributed by atoms with Crippen molar-refractivity contribution in [2.45, 2.75) is 58.4 Å². The van der Waals surface area contributed by atoms with Gasteiger partial charge in [0, 0.05) is 10.6 Å². The van der Waals surface area contributed by atoms with Crippen LogP contribution < -0.4 is 20.7 Å². The normalized spacial score (nSPS) is 14.4. The molecular formula is C29H33N3O5S. The zero-order chi connectivity index (χ0) is 27.4. The van der Waals surface area contributed by atoms with E-state index in [-0.39, 0.29) is 4.88 Å². The van der Waals surface area contributed by atoms with Crippen LogP contribution in [0.4, 0.5) is 16.2 Å². The summed E-state index contributed by atoms with van der Waals surface area (Å²) in [6.45, 7) is 5.85. The van der Waals surface area contributed by atoms with Crippen LogP contribution in [-0.4, -0.2) is 35.7 Å². The van der Waals surface area contributed by atoms with Gasteiger partial charge in [0.05, 0.1) is 12.8 Å². The lowest BCUT2D eigenvalue weighted by Gasteiger charge is -2.33. The van der Waals surface area contributed by atoms with E-state index in [1.807, 2.05) is 57.2 Å². The first-order valence-corrected chi connectivity index (χ1v) is 13.4. The number of carboxylic acids is 1. The topological polar surface area (TPSA) is 117 Å². The van der Waals surface area contributed by atoms with Crippen LogP contribution in [0, 0.1) is 20.8 Å². The number of amides is 3. The zero-order valence-electron chi connectivity index (χ0n) is 22.1. The quantitative estimate of drug-likeness (QED) is 0.275. The van der Waals surface area contributed by atoms with Crippen LogP contribution in [0.5, 0.6) is 5.75 Å². The van der Waals surface area contributed by atoms with Gasteiger partial charge in [0.1, 0.15) is 16.2 Å². The number of hydrogen-bond acceptors (Lipinski definition) is 5. The molecule has 1 heterocycles. The lowest BCUT2D eigenvalue weighted by atomic mass is 9.81. The van der Waals surface area contributed by atoms with Gasteiger partial charge in [0.25, 0.3) is 5.91 Å². The summed E-state index contributed by atoms with van der Waals surface area (Å²) in [5.74, 6) is -0.849. The van der Waals surface area contributed by atoms with E-state index in [2.05, 4.69) is 16.0 Å². The molecule has 0 unspecified atom stereocenters. The van der Waals surface area contributed by atoms with Crippen molar-refractivity contribution in [2.75, 3.05) is 17.7 Å². The first-order chi connectivity index (χ1) is 18.1. The van der Waals surface area contributed by atoms with Gasteiger partial charge in [0.2, 0.25) is 0 Å². The van der Waals surface area contributed by atoms with E-state index in [0.29, 0.717) is 30.0 Å². The van der Waals surface area contributed by atoms with E-state index in [1.54, 1.807) is 13.2 Å². The fourth-order valence-electron chi connectivity index (χ4n) is 5.02. The predicted octanol–water partition coefficient (Wildman–Crippen LogP) is 6.51. The number of nitrogens with one attached hydrogen (secondary N) is 3. The Kier molecular flexibility index (Phi) is 8.06. The van der Waals surface area contributed by atoms with Crippen LogP contribution in [0.25, 0.3) is 10.4 Å². The molecule has 38 heavy (non-hydrogen) atoms. The summed E-state index contributed by atoms with van der Waals surface area (Å²) in [5, 5.41) is 18.5. The summed E-state index contributed by atoms with van der Waals surface area (Å²) in [5.41, 5.74) is 3.51. The summed E-state index contributed by atoms with van der Waals surface area (Å²) in [4.78, 5) is 39.8. The van der Waals surface area contributed by atoms with Gasteiger partial charge >= 0.3 is 12.0 Å². The summed E-state index contributed by atoms with van der Waals surface area (Å²) in [6, 6.07) is 12.6. The Morgan fingerprint density at radius 1 is 0.921 bits per heavy atom. The molecule has 9 heteroatoms. The van der Waals surface area contributed by atoms with Crippen LogP contribution in [0.2, 0.25) is 0 Å². The third kappa shape index (κ3) is 5.83. The predicted molar refractivity (Wildman–Crippen MR) is 151 cm³/mol. The first kappa shape index (κ1) is 27.2. The van der Waals surface area contributed by atoms with Crippen LogP contribution in [0.1, 0.15) is 58.5 Å². The third-order valence-corrected chi connectivity index (χ3v) is 8.13. The maximum atomic E-state index is 13.5. The molecule has 1 aliphatic rings. The Balaban J connectivity index is 1.65. The molecule has 1 fully saturated rings. The highest BCUT2D eigenvalue weighted by atomic mass is 32.1. The number of hydrogen-bond donors (Lipinski definition) is 4. The lowest BCUT2D eigenvalue weighted by molar-refractivity contribution is -0.145. The highest BCUT2D eigenvalue weighted by Crippen LogP contribution is 2.37. The average molecular weight is 536 g/mol. The van der Waals surface area contributed by atoms with E-state index < -0.39 is 23.4 Å². The Morgan fingerprint density at radius 3 is 2.13 bits per heavy atom. The number of rotatable bonds is 7. The molecule has 0 aliphatic heterocycles. The third-order valence-electron chi connectivity index (χ3n) is 6.95. The van der Waals surface area contributed by atoms with Crippen LogP contribution >= 0.6 is 11.3 Å². The molecule has 0 saturated heterocycles. The minimum atomic E-state index is -1.31. The van der Waals surface area contributed by atoms with E-state index >= 15 is 0 Å². The summed E-state index contributed by atoms with van der Waals surface area (Å²) in [6.07, 6.45) is 3.16. The Bertz CT molecular complexity index is 1330. The van der Waals surface area contributed by atoms with Crippen molar-refractivity contribution in [2.24, 2.45) is 0 Å². The molecule has 4 N–H and O–H groups in total. The summed E-state index contributed by atoms with van der Waals surface area (Å²) >= 11 is 1.20. The maximum absolute atomic E-state index is 13.5. The van der Waals surface area contributed by atoms with E-state index in [1.165, 1.54) is 11.3 Å². The average Bonchev–Trinajstić information content (AvgIpc) is 3.30. The van der Waals surface area contributed by atoms with Crippen molar-refractivity contribution >= 4 is 40.6 Å². The fourth-order valence-corrected chi connectivity index (χ4v) is 6.03. The van der Waals surface area contributed by atoms with Gasteiger partial charge in [-0.1, -0.05) is 37.0 Å². The fraction of sp³-hybridized carbons (Fsp3) is 0.345. The minimum Gasteiger partial charge on any atom is -0.497 e. The first-order valence-electron chi connectivity index (χ1n) is 12.6. The molecule has 0 spiro atoms. The number of carboxylic acid groups (broad SMARTS) is 1. The SMILES string of the molecule is COc1ccc(-c2cc(NC(=O)Nc3c(C)cc(C)cc3C)c(C(=O)NC3(C(=O)O)CCCCC3)s2)cc1. The van der Waals surface area contributed by atoms with Crippen molar-refractivity contribution in [3.63, 3.8) is 0 Å². The highest BCUT2D eigenvalue weighted by Gasteiger charge is 2.41. The number of carbonyl (C=O) groups is 3. The highest BCUT2D eigenvalue weighted by molar-refractivity contribution is 7.18. The molecule has 2 aromatic carbocycles. The lowest BCUT2D eigenvalue weighted by Crippen LogP contribution is -2.55. The Morgan fingerprint density at radius 2 is 1.55 bits per heavy atom. The summed E-state index contributed by atoms with van der Waals surface area (Å²) < 4.78 is 5.24. The molecule has 0 bridgehead atoms. The van der Waals surface area contributed by atoms with Crippen molar-refractivity contribution < 1.29 is 24.2 Å². The van der Waals surface area contributed by atoms with Gasteiger partial charge in [-0.2, -0.15) is 0 Å². The molecule has 200 valence electrons. The number of urea groups is 1. The number of aryl methyl sites for hydroxylation is 3. The standard InChI is InChI=1S/C29H33N3O5S/c1-17-14-18(2)24(19(3)15-17)31-28(36)30-22-16-23(20-8-10-21(37-4)11-9-20)38-25(22)26(33)32-29(27(34)35)12-6-5-7-13-29/h8-11,14-16H,5-7,12-13H2,1-4H3,(H,32,33)(H,34,35)(H2,30,31,36). The number of benzene rings is 2. The molecule has 8 nitrogen and oxygen atoms in total.